The van der Waals surface area contributed by atoms with Gasteiger partial charge in [0, 0.05) is 12.6 Å². The lowest BCUT2D eigenvalue weighted by Crippen LogP contribution is -1.96. The number of aryl methyl sites for hydroxylation is 1. The van der Waals surface area contributed by atoms with E-state index in [2.05, 4.69) is 20.9 Å². The molecule has 0 radical (unpaired) electrons. The van der Waals surface area contributed by atoms with E-state index < -0.39 is 0 Å². The van der Waals surface area contributed by atoms with Crippen LogP contribution in [0.5, 0.6) is 17.2 Å². The van der Waals surface area contributed by atoms with Crippen molar-refractivity contribution in [3.8, 4) is 28.5 Å². The van der Waals surface area contributed by atoms with Crippen LogP contribution in [0.4, 0.5) is 0 Å². The van der Waals surface area contributed by atoms with E-state index in [1.165, 1.54) is 0 Å². The summed E-state index contributed by atoms with van der Waals surface area (Å²) in [6.45, 7) is 0. The summed E-state index contributed by atoms with van der Waals surface area (Å²) in [4.78, 5) is 4.36. The highest BCUT2D eigenvalue weighted by Gasteiger charge is 2.17. The molecular formula is C13H15BrN2O3. The Morgan fingerprint density at radius 2 is 1.63 bits per heavy atom. The normalized spacial score (nSPS) is 10.4. The van der Waals surface area contributed by atoms with Crippen molar-refractivity contribution in [2.45, 2.75) is 0 Å². The molecule has 6 heteroatoms. The maximum Gasteiger partial charge on any atom is 0.203 e. The standard InChI is InChI=1S/C13H15BrN2O3/c1-16-7-15-11(13(16)14)8-5-9(17-2)12(19-4)10(6-8)18-3/h5-7H,1-4H3. The van der Waals surface area contributed by atoms with Gasteiger partial charge in [-0.25, -0.2) is 4.98 Å². The first-order valence-corrected chi connectivity index (χ1v) is 6.38. The van der Waals surface area contributed by atoms with Crippen molar-refractivity contribution < 1.29 is 14.2 Å². The first kappa shape index (κ1) is 13.7. The second kappa shape index (κ2) is 5.52. The van der Waals surface area contributed by atoms with Gasteiger partial charge in [0.1, 0.15) is 10.3 Å². The largest absolute Gasteiger partial charge is 0.493 e. The third-order valence-electron chi connectivity index (χ3n) is 2.80. The first-order valence-electron chi connectivity index (χ1n) is 5.59. The zero-order chi connectivity index (χ0) is 14.0. The molecule has 0 amide bonds. The van der Waals surface area contributed by atoms with Crippen molar-refractivity contribution in [1.82, 2.24) is 9.55 Å². The molecular weight excluding hydrogens is 312 g/mol. The monoisotopic (exact) mass is 326 g/mol. The number of halogens is 1. The van der Waals surface area contributed by atoms with E-state index in [0.29, 0.717) is 17.2 Å². The summed E-state index contributed by atoms with van der Waals surface area (Å²) in [5, 5.41) is 0. The number of benzene rings is 1. The molecule has 0 fully saturated rings. The molecule has 0 aliphatic carbocycles. The maximum absolute atomic E-state index is 5.33. The molecule has 1 aromatic carbocycles. The van der Waals surface area contributed by atoms with Gasteiger partial charge in [0.2, 0.25) is 5.75 Å². The Labute approximate surface area is 120 Å². The topological polar surface area (TPSA) is 45.5 Å². The van der Waals surface area contributed by atoms with Crippen LogP contribution < -0.4 is 14.2 Å². The van der Waals surface area contributed by atoms with Gasteiger partial charge in [0.15, 0.2) is 11.5 Å². The Bertz CT molecular complexity index is 571. The van der Waals surface area contributed by atoms with Crippen LogP contribution in [-0.4, -0.2) is 30.9 Å². The predicted octanol–water partition coefficient (Wildman–Crippen LogP) is 2.88. The average Bonchev–Trinajstić information content (AvgIpc) is 2.77. The fourth-order valence-corrected chi connectivity index (χ4v) is 2.25. The number of rotatable bonds is 4. The van der Waals surface area contributed by atoms with Crippen molar-refractivity contribution >= 4 is 15.9 Å². The predicted molar refractivity (Wildman–Crippen MR) is 76.0 cm³/mol. The lowest BCUT2D eigenvalue weighted by atomic mass is 10.1. The summed E-state index contributed by atoms with van der Waals surface area (Å²) in [6.07, 6.45) is 1.74. The SMILES string of the molecule is COc1cc(-c2ncn(C)c2Br)cc(OC)c1OC. The van der Waals surface area contributed by atoms with Crippen LogP contribution in [0.25, 0.3) is 11.3 Å². The molecule has 0 spiro atoms. The summed E-state index contributed by atoms with van der Waals surface area (Å²) in [6, 6.07) is 3.74. The minimum Gasteiger partial charge on any atom is -0.493 e. The maximum atomic E-state index is 5.33. The van der Waals surface area contributed by atoms with Crippen LogP contribution in [0.15, 0.2) is 23.1 Å². The Kier molecular flexibility index (Phi) is 3.99. The summed E-state index contributed by atoms with van der Waals surface area (Å²) < 4.78 is 18.7. The smallest absolute Gasteiger partial charge is 0.203 e. The van der Waals surface area contributed by atoms with Gasteiger partial charge in [-0.2, -0.15) is 0 Å². The second-order valence-corrected chi connectivity index (χ2v) is 4.66. The van der Waals surface area contributed by atoms with E-state index in [0.717, 1.165) is 15.9 Å². The second-order valence-electron chi connectivity index (χ2n) is 3.91. The van der Waals surface area contributed by atoms with E-state index in [1.54, 1.807) is 27.7 Å². The van der Waals surface area contributed by atoms with Crippen LogP contribution >= 0.6 is 15.9 Å². The number of hydrogen-bond donors (Lipinski definition) is 0. The number of methoxy groups -OCH3 is 3. The minimum atomic E-state index is 0.570. The Balaban J connectivity index is 2.62. The van der Waals surface area contributed by atoms with Gasteiger partial charge < -0.3 is 18.8 Å². The van der Waals surface area contributed by atoms with Gasteiger partial charge in [0.25, 0.3) is 0 Å². The highest BCUT2D eigenvalue weighted by atomic mass is 79.9. The number of nitrogens with zero attached hydrogens (tertiary/aromatic N) is 2. The van der Waals surface area contributed by atoms with Crippen molar-refractivity contribution in [3.05, 3.63) is 23.1 Å². The van der Waals surface area contributed by atoms with Crippen LogP contribution in [0, 0.1) is 0 Å². The van der Waals surface area contributed by atoms with Crippen LogP contribution in [-0.2, 0) is 7.05 Å². The Morgan fingerprint density at radius 3 is 2.00 bits per heavy atom. The van der Waals surface area contributed by atoms with Gasteiger partial charge in [-0.05, 0) is 28.1 Å². The summed E-state index contributed by atoms with van der Waals surface area (Å²) in [5.74, 6) is 1.78. The molecule has 0 saturated carbocycles. The molecule has 0 unspecified atom stereocenters. The van der Waals surface area contributed by atoms with Gasteiger partial charge in [0.05, 0.1) is 27.7 Å². The van der Waals surface area contributed by atoms with E-state index in [4.69, 9.17) is 14.2 Å². The lowest BCUT2D eigenvalue weighted by Gasteiger charge is -2.13. The molecule has 5 nitrogen and oxygen atoms in total. The van der Waals surface area contributed by atoms with Crippen molar-refractivity contribution in [1.29, 1.82) is 0 Å². The van der Waals surface area contributed by atoms with E-state index >= 15 is 0 Å². The molecule has 102 valence electrons. The summed E-state index contributed by atoms with van der Waals surface area (Å²) in [7, 11) is 6.68. The highest BCUT2D eigenvalue weighted by Crippen LogP contribution is 2.41. The third-order valence-corrected chi connectivity index (χ3v) is 3.74. The van der Waals surface area contributed by atoms with Crippen LogP contribution in [0.3, 0.4) is 0 Å². The minimum absolute atomic E-state index is 0.570. The molecule has 0 atom stereocenters. The quantitative estimate of drug-likeness (QED) is 0.866. The molecule has 0 N–H and O–H groups in total. The number of hydrogen-bond acceptors (Lipinski definition) is 4. The summed E-state index contributed by atoms with van der Waals surface area (Å²) >= 11 is 3.50. The zero-order valence-corrected chi connectivity index (χ0v) is 12.8. The molecule has 1 aromatic heterocycles. The molecule has 19 heavy (non-hydrogen) atoms. The molecule has 0 aliphatic heterocycles. The van der Waals surface area contributed by atoms with Crippen molar-refractivity contribution in [2.75, 3.05) is 21.3 Å². The molecule has 0 bridgehead atoms. The van der Waals surface area contributed by atoms with Gasteiger partial charge in [-0.15, -0.1) is 0 Å². The fraction of sp³-hybridized carbons (Fsp3) is 0.308. The summed E-state index contributed by atoms with van der Waals surface area (Å²) in [5.41, 5.74) is 1.71. The number of aromatic nitrogens is 2. The molecule has 0 saturated heterocycles. The van der Waals surface area contributed by atoms with E-state index in [9.17, 15) is 0 Å². The Hall–Kier alpha value is -1.69. The lowest BCUT2D eigenvalue weighted by molar-refractivity contribution is 0.324. The van der Waals surface area contributed by atoms with Crippen LogP contribution in [0.2, 0.25) is 0 Å². The van der Waals surface area contributed by atoms with Crippen molar-refractivity contribution in [2.24, 2.45) is 7.05 Å². The van der Waals surface area contributed by atoms with E-state index in [1.807, 2.05) is 23.7 Å². The third kappa shape index (κ3) is 2.40. The van der Waals surface area contributed by atoms with Gasteiger partial charge in [-0.1, -0.05) is 0 Å². The van der Waals surface area contributed by atoms with Crippen LogP contribution in [0.1, 0.15) is 0 Å². The molecule has 2 aromatic rings. The number of ether oxygens (including phenoxy) is 3. The van der Waals surface area contributed by atoms with E-state index in [-0.39, 0.29) is 0 Å². The van der Waals surface area contributed by atoms with Crippen molar-refractivity contribution in [3.63, 3.8) is 0 Å². The Morgan fingerprint density at radius 1 is 1.05 bits per heavy atom. The molecule has 2 rings (SSSR count). The first-order chi connectivity index (χ1) is 9.12. The average molecular weight is 327 g/mol. The number of imidazole rings is 1. The zero-order valence-electron chi connectivity index (χ0n) is 11.2. The van der Waals surface area contributed by atoms with Gasteiger partial charge in [-0.3, -0.25) is 0 Å². The van der Waals surface area contributed by atoms with Gasteiger partial charge >= 0.3 is 0 Å². The molecule has 1 heterocycles. The highest BCUT2D eigenvalue weighted by molar-refractivity contribution is 9.10. The molecule has 0 aliphatic rings. The fourth-order valence-electron chi connectivity index (χ4n) is 1.83.